The molecular formula is C22H17FIN3O. The van der Waals surface area contributed by atoms with Crippen molar-refractivity contribution in [3.05, 3.63) is 86.5 Å². The number of rotatable bonds is 4. The van der Waals surface area contributed by atoms with E-state index in [9.17, 15) is 14.4 Å². The predicted octanol–water partition coefficient (Wildman–Crippen LogP) is 5.38. The molecule has 1 N–H and O–H groups in total. The van der Waals surface area contributed by atoms with Crippen molar-refractivity contribution < 1.29 is 9.18 Å². The van der Waals surface area contributed by atoms with Crippen molar-refractivity contribution in [1.82, 2.24) is 4.57 Å². The molecule has 3 aromatic rings. The van der Waals surface area contributed by atoms with Gasteiger partial charge in [0.2, 0.25) is 0 Å². The largest absolute Gasteiger partial charge is 0.319 e. The van der Waals surface area contributed by atoms with Crippen LogP contribution in [0.3, 0.4) is 0 Å². The van der Waals surface area contributed by atoms with E-state index in [2.05, 4.69) is 32.5 Å². The Morgan fingerprint density at radius 2 is 1.86 bits per heavy atom. The van der Waals surface area contributed by atoms with Gasteiger partial charge in [-0.3, -0.25) is 4.79 Å². The highest BCUT2D eigenvalue weighted by atomic mass is 127. The van der Waals surface area contributed by atoms with Gasteiger partial charge in [0.1, 0.15) is 17.5 Å². The molecule has 0 fully saturated rings. The van der Waals surface area contributed by atoms with E-state index < -0.39 is 11.7 Å². The molecule has 0 atom stereocenters. The van der Waals surface area contributed by atoms with E-state index in [4.69, 9.17) is 0 Å². The first-order valence-electron chi connectivity index (χ1n) is 8.53. The van der Waals surface area contributed by atoms with E-state index in [0.29, 0.717) is 0 Å². The number of para-hydroxylation sites is 1. The molecule has 0 aliphatic heterocycles. The Morgan fingerprint density at radius 3 is 2.50 bits per heavy atom. The second-order valence-corrected chi connectivity index (χ2v) is 7.49. The summed E-state index contributed by atoms with van der Waals surface area (Å²) in [7, 11) is 0. The third-order valence-electron chi connectivity index (χ3n) is 4.34. The lowest BCUT2D eigenvalue weighted by Crippen LogP contribution is -2.14. The molecule has 0 unspecified atom stereocenters. The van der Waals surface area contributed by atoms with Crippen LogP contribution < -0.4 is 5.32 Å². The first-order valence-corrected chi connectivity index (χ1v) is 9.61. The van der Waals surface area contributed by atoms with Gasteiger partial charge in [-0.1, -0.05) is 12.1 Å². The fraction of sp³-hybridized carbons (Fsp3) is 0.0909. The van der Waals surface area contributed by atoms with E-state index in [1.807, 2.05) is 50.2 Å². The SMILES string of the molecule is Cc1cc(/C=C(\C#N)C(=O)Nc2ccccc2F)c(C)n1-c1ccc(I)cc1. The molecule has 0 aliphatic rings. The number of halogens is 2. The molecule has 1 heterocycles. The van der Waals surface area contributed by atoms with Crippen LogP contribution in [0, 0.1) is 34.6 Å². The standard InChI is InChI=1S/C22H17FIN3O/c1-14-11-16(15(2)27(14)19-9-7-18(24)8-10-19)12-17(13-25)22(28)26-21-6-4-3-5-20(21)23/h3-12H,1-2H3,(H,26,28)/b17-12+. The van der Waals surface area contributed by atoms with Crippen molar-refractivity contribution in [2.45, 2.75) is 13.8 Å². The maximum absolute atomic E-state index is 13.8. The monoisotopic (exact) mass is 485 g/mol. The molecule has 0 aliphatic carbocycles. The Balaban J connectivity index is 1.94. The Labute approximate surface area is 176 Å². The summed E-state index contributed by atoms with van der Waals surface area (Å²) in [6.07, 6.45) is 1.53. The summed E-state index contributed by atoms with van der Waals surface area (Å²) in [6.45, 7) is 3.90. The normalized spacial score (nSPS) is 11.2. The molecule has 6 heteroatoms. The average Bonchev–Trinajstić information content (AvgIpc) is 2.95. The van der Waals surface area contributed by atoms with Crippen molar-refractivity contribution in [2.75, 3.05) is 5.32 Å². The number of benzene rings is 2. The van der Waals surface area contributed by atoms with Crippen LogP contribution in [0.4, 0.5) is 10.1 Å². The predicted molar refractivity (Wildman–Crippen MR) is 117 cm³/mol. The Hall–Kier alpha value is -2.92. The lowest BCUT2D eigenvalue weighted by atomic mass is 10.1. The number of carbonyl (C=O) groups is 1. The lowest BCUT2D eigenvalue weighted by molar-refractivity contribution is -0.112. The molecule has 0 saturated heterocycles. The summed E-state index contributed by atoms with van der Waals surface area (Å²) in [5.41, 5.74) is 3.60. The molecule has 1 aromatic heterocycles. The minimum atomic E-state index is -0.647. The number of hydrogen-bond acceptors (Lipinski definition) is 2. The number of carbonyl (C=O) groups excluding carboxylic acids is 1. The zero-order valence-electron chi connectivity index (χ0n) is 15.3. The third-order valence-corrected chi connectivity index (χ3v) is 5.06. The van der Waals surface area contributed by atoms with Gasteiger partial charge in [0.25, 0.3) is 5.91 Å². The summed E-state index contributed by atoms with van der Waals surface area (Å²) in [6, 6.07) is 17.8. The number of nitrogens with zero attached hydrogens (tertiary/aromatic N) is 2. The fourth-order valence-electron chi connectivity index (χ4n) is 2.98. The highest BCUT2D eigenvalue weighted by Crippen LogP contribution is 2.24. The molecule has 0 bridgehead atoms. The van der Waals surface area contributed by atoms with Crippen molar-refractivity contribution >= 4 is 40.3 Å². The Kier molecular flexibility index (Phi) is 5.95. The van der Waals surface area contributed by atoms with Crippen molar-refractivity contribution in [3.63, 3.8) is 0 Å². The van der Waals surface area contributed by atoms with Crippen LogP contribution in [0.25, 0.3) is 11.8 Å². The van der Waals surface area contributed by atoms with Gasteiger partial charge in [-0.15, -0.1) is 0 Å². The average molecular weight is 485 g/mol. The van der Waals surface area contributed by atoms with E-state index >= 15 is 0 Å². The first-order chi connectivity index (χ1) is 13.4. The maximum Gasteiger partial charge on any atom is 0.266 e. The van der Waals surface area contributed by atoms with Gasteiger partial charge in [0.15, 0.2) is 0 Å². The van der Waals surface area contributed by atoms with Crippen molar-refractivity contribution in [2.24, 2.45) is 0 Å². The minimum absolute atomic E-state index is 0.0398. The summed E-state index contributed by atoms with van der Waals surface area (Å²) in [4.78, 5) is 12.4. The van der Waals surface area contributed by atoms with Gasteiger partial charge < -0.3 is 9.88 Å². The first kappa shape index (κ1) is 19.8. The topological polar surface area (TPSA) is 57.8 Å². The second-order valence-electron chi connectivity index (χ2n) is 6.24. The van der Waals surface area contributed by atoms with E-state index in [1.165, 1.54) is 24.3 Å². The van der Waals surface area contributed by atoms with Crippen LogP contribution in [0.1, 0.15) is 17.0 Å². The highest BCUT2D eigenvalue weighted by molar-refractivity contribution is 14.1. The van der Waals surface area contributed by atoms with Crippen LogP contribution in [-0.2, 0) is 4.79 Å². The lowest BCUT2D eigenvalue weighted by Gasteiger charge is -2.10. The summed E-state index contributed by atoms with van der Waals surface area (Å²) < 4.78 is 17.0. The number of amides is 1. The van der Waals surface area contributed by atoms with E-state index in [1.54, 1.807) is 6.07 Å². The number of hydrogen-bond donors (Lipinski definition) is 1. The molecule has 0 saturated carbocycles. The molecule has 2 aromatic carbocycles. The van der Waals surface area contributed by atoms with Gasteiger partial charge >= 0.3 is 0 Å². The van der Waals surface area contributed by atoms with Gasteiger partial charge in [-0.25, -0.2) is 4.39 Å². The number of aryl methyl sites for hydroxylation is 1. The summed E-state index contributed by atoms with van der Waals surface area (Å²) in [5, 5.41) is 11.9. The summed E-state index contributed by atoms with van der Waals surface area (Å²) in [5.74, 6) is -1.20. The van der Waals surface area contributed by atoms with Crippen molar-refractivity contribution in [1.29, 1.82) is 5.26 Å². The number of aromatic nitrogens is 1. The highest BCUT2D eigenvalue weighted by Gasteiger charge is 2.15. The zero-order valence-corrected chi connectivity index (χ0v) is 17.5. The molecule has 0 radical (unpaired) electrons. The summed E-state index contributed by atoms with van der Waals surface area (Å²) >= 11 is 2.25. The van der Waals surface area contributed by atoms with Crippen LogP contribution in [-0.4, -0.2) is 10.5 Å². The maximum atomic E-state index is 13.8. The molecule has 28 heavy (non-hydrogen) atoms. The Morgan fingerprint density at radius 1 is 1.18 bits per heavy atom. The molecule has 3 rings (SSSR count). The van der Waals surface area contributed by atoms with Crippen LogP contribution in [0.15, 0.2) is 60.2 Å². The quantitative estimate of drug-likeness (QED) is 0.307. The van der Waals surface area contributed by atoms with E-state index in [0.717, 1.165) is 26.2 Å². The molecule has 1 amide bonds. The Bertz CT molecular complexity index is 1110. The smallest absolute Gasteiger partial charge is 0.266 e. The minimum Gasteiger partial charge on any atom is -0.319 e. The van der Waals surface area contributed by atoms with Crippen LogP contribution >= 0.6 is 22.6 Å². The molecule has 0 spiro atoms. The van der Waals surface area contributed by atoms with Gasteiger partial charge in [0.05, 0.1) is 5.69 Å². The van der Waals surface area contributed by atoms with Crippen LogP contribution in [0.2, 0.25) is 0 Å². The van der Waals surface area contributed by atoms with Crippen molar-refractivity contribution in [3.8, 4) is 11.8 Å². The van der Waals surface area contributed by atoms with Gasteiger partial charge in [-0.05, 0) is 90.5 Å². The van der Waals surface area contributed by atoms with Gasteiger partial charge in [0, 0.05) is 20.6 Å². The van der Waals surface area contributed by atoms with Gasteiger partial charge in [-0.2, -0.15) is 5.26 Å². The third kappa shape index (κ3) is 4.15. The second kappa shape index (κ2) is 8.40. The number of nitrogens with one attached hydrogen (secondary N) is 1. The molecule has 140 valence electrons. The number of anilines is 1. The van der Waals surface area contributed by atoms with Crippen LogP contribution in [0.5, 0.6) is 0 Å². The zero-order chi connectivity index (χ0) is 20.3. The van der Waals surface area contributed by atoms with E-state index in [-0.39, 0.29) is 11.3 Å². The molecule has 4 nitrogen and oxygen atoms in total. The molecular weight excluding hydrogens is 468 g/mol. The number of nitriles is 1. The fourth-order valence-corrected chi connectivity index (χ4v) is 3.34.